The summed E-state index contributed by atoms with van der Waals surface area (Å²) in [5.41, 5.74) is 3.25. The highest BCUT2D eigenvalue weighted by atomic mass is 16.2. The van der Waals surface area contributed by atoms with Gasteiger partial charge >= 0.3 is 0 Å². The Hall–Kier alpha value is -3.09. The van der Waals surface area contributed by atoms with Crippen molar-refractivity contribution in [3.8, 4) is 0 Å². The second kappa shape index (κ2) is 6.43. The number of amides is 2. The SMILES string of the molecule is O=C(Cc1ccc[nH]1)N1CCN(C(=O)c2ccc3nc[nH]c3c2)CC1. The van der Waals surface area contributed by atoms with Crippen molar-refractivity contribution in [1.82, 2.24) is 24.8 Å². The van der Waals surface area contributed by atoms with Crippen LogP contribution in [-0.4, -0.2) is 62.7 Å². The number of nitrogens with one attached hydrogen (secondary N) is 2. The summed E-state index contributed by atoms with van der Waals surface area (Å²) >= 11 is 0. The van der Waals surface area contributed by atoms with Gasteiger partial charge in [-0.25, -0.2) is 4.98 Å². The van der Waals surface area contributed by atoms with Crippen LogP contribution in [-0.2, 0) is 11.2 Å². The van der Waals surface area contributed by atoms with Gasteiger partial charge < -0.3 is 19.8 Å². The number of benzene rings is 1. The van der Waals surface area contributed by atoms with Gasteiger partial charge in [0.05, 0.1) is 23.8 Å². The summed E-state index contributed by atoms with van der Waals surface area (Å²) in [6.45, 7) is 2.24. The third kappa shape index (κ3) is 3.13. The van der Waals surface area contributed by atoms with E-state index in [9.17, 15) is 9.59 Å². The normalized spacial score (nSPS) is 14.9. The third-order valence-corrected chi connectivity index (χ3v) is 4.59. The molecular weight excluding hydrogens is 318 g/mol. The molecule has 25 heavy (non-hydrogen) atoms. The van der Waals surface area contributed by atoms with E-state index in [-0.39, 0.29) is 11.8 Å². The first-order valence-electron chi connectivity index (χ1n) is 8.33. The second-order valence-corrected chi connectivity index (χ2v) is 6.18. The van der Waals surface area contributed by atoms with Crippen LogP contribution in [0.15, 0.2) is 42.9 Å². The van der Waals surface area contributed by atoms with Crippen molar-refractivity contribution in [2.75, 3.05) is 26.2 Å². The van der Waals surface area contributed by atoms with Crippen molar-refractivity contribution in [2.45, 2.75) is 6.42 Å². The summed E-state index contributed by atoms with van der Waals surface area (Å²) in [5, 5.41) is 0. The van der Waals surface area contributed by atoms with Crippen molar-refractivity contribution < 1.29 is 9.59 Å². The number of carbonyl (C=O) groups is 2. The van der Waals surface area contributed by atoms with Crippen LogP contribution in [0.1, 0.15) is 16.1 Å². The van der Waals surface area contributed by atoms with Crippen LogP contribution in [0.2, 0.25) is 0 Å². The standard InChI is InChI=1S/C18H19N5O2/c24-17(11-14-2-1-5-19-14)22-6-8-23(9-7-22)18(25)13-3-4-15-16(10-13)21-12-20-15/h1-5,10,12,19H,6-9,11H2,(H,20,21). The molecule has 0 unspecified atom stereocenters. The molecule has 1 saturated heterocycles. The van der Waals surface area contributed by atoms with Gasteiger partial charge in [-0.05, 0) is 30.3 Å². The number of nitrogens with zero attached hydrogens (tertiary/aromatic N) is 3. The molecule has 3 heterocycles. The Morgan fingerprint density at radius 3 is 2.60 bits per heavy atom. The van der Waals surface area contributed by atoms with E-state index in [0.717, 1.165) is 16.7 Å². The number of carbonyl (C=O) groups excluding carboxylic acids is 2. The minimum absolute atomic E-state index is 0.00651. The summed E-state index contributed by atoms with van der Waals surface area (Å²) in [6, 6.07) is 9.26. The molecule has 1 fully saturated rings. The number of rotatable bonds is 3. The average Bonchev–Trinajstić information content (AvgIpc) is 3.32. The Balaban J connectivity index is 1.37. The fourth-order valence-electron chi connectivity index (χ4n) is 3.16. The predicted octanol–water partition coefficient (Wildman–Crippen LogP) is 1.42. The maximum absolute atomic E-state index is 12.7. The number of aromatic amines is 2. The Bertz CT molecular complexity index is 891. The Morgan fingerprint density at radius 2 is 1.84 bits per heavy atom. The number of imidazole rings is 1. The second-order valence-electron chi connectivity index (χ2n) is 6.18. The van der Waals surface area contributed by atoms with Crippen LogP contribution in [0.25, 0.3) is 11.0 Å². The van der Waals surface area contributed by atoms with E-state index in [1.807, 2.05) is 35.4 Å². The lowest BCUT2D eigenvalue weighted by atomic mass is 10.1. The molecule has 4 rings (SSSR count). The average molecular weight is 337 g/mol. The third-order valence-electron chi connectivity index (χ3n) is 4.59. The lowest BCUT2D eigenvalue weighted by Gasteiger charge is -2.34. The van der Waals surface area contributed by atoms with Gasteiger partial charge in [-0.3, -0.25) is 9.59 Å². The molecule has 0 radical (unpaired) electrons. The molecule has 7 nitrogen and oxygen atoms in total. The summed E-state index contributed by atoms with van der Waals surface area (Å²) in [5.74, 6) is 0.0846. The van der Waals surface area contributed by atoms with E-state index >= 15 is 0 Å². The van der Waals surface area contributed by atoms with Gasteiger partial charge in [0.25, 0.3) is 5.91 Å². The molecule has 0 atom stereocenters. The maximum atomic E-state index is 12.7. The first kappa shape index (κ1) is 15.4. The van der Waals surface area contributed by atoms with Crippen molar-refractivity contribution in [3.63, 3.8) is 0 Å². The summed E-state index contributed by atoms with van der Waals surface area (Å²) in [7, 11) is 0. The lowest BCUT2D eigenvalue weighted by Crippen LogP contribution is -2.51. The summed E-state index contributed by atoms with van der Waals surface area (Å²) < 4.78 is 0. The van der Waals surface area contributed by atoms with Crippen LogP contribution < -0.4 is 0 Å². The summed E-state index contributed by atoms with van der Waals surface area (Å²) in [6.07, 6.45) is 3.81. The van der Waals surface area contributed by atoms with Gasteiger partial charge in [-0.1, -0.05) is 0 Å². The lowest BCUT2D eigenvalue weighted by molar-refractivity contribution is -0.132. The molecule has 2 N–H and O–H groups in total. The first-order valence-corrected chi connectivity index (χ1v) is 8.33. The van der Waals surface area contributed by atoms with Crippen LogP contribution in [0, 0.1) is 0 Å². The molecule has 2 aromatic heterocycles. The topological polar surface area (TPSA) is 85.1 Å². The van der Waals surface area contributed by atoms with E-state index in [0.29, 0.717) is 38.2 Å². The van der Waals surface area contributed by atoms with Gasteiger partial charge in [-0.15, -0.1) is 0 Å². The number of hydrogen-bond donors (Lipinski definition) is 2. The highest BCUT2D eigenvalue weighted by Gasteiger charge is 2.25. The van der Waals surface area contributed by atoms with E-state index in [1.165, 1.54) is 0 Å². The minimum atomic E-state index is -0.00651. The van der Waals surface area contributed by atoms with Crippen molar-refractivity contribution in [1.29, 1.82) is 0 Å². The van der Waals surface area contributed by atoms with Crippen LogP contribution in [0.4, 0.5) is 0 Å². The molecule has 0 aliphatic carbocycles. The van der Waals surface area contributed by atoms with Crippen LogP contribution in [0.5, 0.6) is 0 Å². The molecule has 0 spiro atoms. The molecular formula is C18H19N5O2. The summed E-state index contributed by atoms with van der Waals surface area (Å²) in [4.78, 5) is 38.9. The monoisotopic (exact) mass is 337 g/mol. The zero-order valence-electron chi connectivity index (χ0n) is 13.7. The molecule has 0 saturated carbocycles. The van der Waals surface area contributed by atoms with Crippen LogP contribution >= 0.6 is 0 Å². The molecule has 0 bridgehead atoms. The fraction of sp³-hybridized carbons (Fsp3) is 0.278. The minimum Gasteiger partial charge on any atom is -0.365 e. The van der Waals surface area contributed by atoms with E-state index in [2.05, 4.69) is 15.0 Å². The maximum Gasteiger partial charge on any atom is 0.254 e. The van der Waals surface area contributed by atoms with Crippen molar-refractivity contribution in [2.24, 2.45) is 0 Å². The molecule has 1 aliphatic heterocycles. The molecule has 1 aliphatic rings. The molecule has 1 aromatic carbocycles. The smallest absolute Gasteiger partial charge is 0.254 e. The Morgan fingerprint density at radius 1 is 1.04 bits per heavy atom. The number of hydrogen-bond acceptors (Lipinski definition) is 3. The molecule has 2 amide bonds. The highest BCUT2D eigenvalue weighted by molar-refractivity contribution is 5.97. The predicted molar refractivity (Wildman–Crippen MR) is 93.1 cm³/mol. The van der Waals surface area contributed by atoms with Crippen molar-refractivity contribution in [3.05, 3.63) is 54.1 Å². The van der Waals surface area contributed by atoms with E-state index < -0.39 is 0 Å². The van der Waals surface area contributed by atoms with Gasteiger partial charge in [0, 0.05) is 43.6 Å². The number of H-pyrrole nitrogens is 2. The Kier molecular flexibility index (Phi) is 3.97. The largest absolute Gasteiger partial charge is 0.365 e. The molecule has 3 aromatic rings. The number of piperazine rings is 1. The quantitative estimate of drug-likeness (QED) is 0.758. The highest BCUT2D eigenvalue weighted by Crippen LogP contribution is 2.15. The molecule has 7 heteroatoms. The number of fused-ring (bicyclic) bond motifs is 1. The van der Waals surface area contributed by atoms with Gasteiger partial charge in [0.1, 0.15) is 0 Å². The fourth-order valence-corrected chi connectivity index (χ4v) is 3.16. The van der Waals surface area contributed by atoms with Gasteiger partial charge in [-0.2, -0.15) is 0 Å². The van der Waals surface area contributed by atoms with E-state index in [4.69, 9.17) is 0 Å². The first-order chi connectivity index (χ1) is 12.2. The van der Waals surface area contributed by atoms with E-state index in [1.54, 1.807) is 17.3 Å². The molecule has 128 valence electrons. The zero-order valence-corrected chi connectivity index (χ0v) is 13.7. The van der Waals surface area contributed by atoms with Crippen LogP contribution in [0.3, 0.4) is 0 Å². The van der Waals surface area contributed by atoms with Gasteiger partial charge in [0.15, 0.2) is 0 Å². The Labute approximate surface area is 144 Å². The van der Waals surface area contributed by atoms with Crippen molar-refractivity contribution >= 4 is 22.8 Å². The number of aromatic nitrogens is 3. The zero-order chi connectivity index (χ0) is 17.2. The van der Waals surface area contributed by atoms with Gasteiger partial charge in [0.2, 0.25) is 5.91 Å².